The Labute approximate surface area is 104 Å². The molecule has 0 spiro atoms. The number of thiophene rings is 2. The summed E-state index contributed by atoms with van der Waals surface area (Å²) in [5, 5.41) is 2.16. The molecule has 0 bridgehead atoms. The second-order valence-electron chi connectivity index (χ2n) is 4.72. The molecule has 1 saturated carbocycles. The van der Waals surface area contributed by atoms with Crippen LogP contribution in [0.3, 0.4) is 0 Å². The standard InChI is InChI=1S/C13H17NS2/c14-13(9-4-2-1-3-5-9)12-8-11-10(16-12)6-7-15-11/h6-9,13H,1-5,14H2. The van der Waals surface area contributed by atoms with Crippen LogP contribution in [0.25, 0.3) is 9.40 Å². The van der Waals surface area contributed by atoms with Crippen LogP contribution in [-0.4, -0.2) is 0 Å². The SMILES string of the molecule is NC(c1cc2sccc2s1)C1CCCCC1. The van der Waals surface area contributed by atoms with Crippen molar-refractivity contribution in [3.05, 3.63) is 22.4 Å². The number of hydrogen-bond acceptors (Lipinski definition) is 3. The van der Waals surface area contributed by atoms with Gasteiger partial charge in [-0.05, 0) is 36.3 Å². The van der Waals surface area contributed by atoms with Gasteiger partial charge in [0.05, 0.1) is 0 Å². The van der Waals surface area contributed by atoms with Crippen molar-refractivity contribution in [2.75, 3.05) is 0 Å². The van der Waals surface area contributed by atoms with E-state index in [2.05, 4.69) is 17.5 Å². The van der Waals surface area contributed by atoms with Crippen LogP contribution in [-0.2, 0) is 0 Å². The number of nitrogens with two attached hydrogens (primary N) is 1. The van der Waals surface area contributed by atoms with E-state index in [9.17, 15) is 0 Å². The quantitative estimate of drug-likeness (QED) is 0.833. The summed E-state index contributed by atoms with van der Waals surface area (Å²) < 4.78 is 2.82. The summed E-state index contributed by atoms with van der Waals surface area (Å²) in [4.78, 5) is 1.40. The second kappa shape index (κ2) is 4.47. The van der Waals surface area contributed by atoms with E-state index in [0.29, 0.717) is 0 Å². The molecule has 0 aliphatic heterocycles. The van der Waals surface area contributed by atoms with Crippen molar-refractivity contribution >= 4 is 32.1 Å². The maximum absolute atomic E-state index is 6.41. The summed E-state index contributed by atoms with van der Waals surface area (Å²) in [7, 11) is 0. The van der Waals surface area contributed by atoms with Crippen LogP contribution in [0.1, 0.15) is 43.0 Å². The van der Waals surface area contributed by atoms with Gasteiger partial charge in [0.25, 0.3) is 0 Å². The highest BCUT2D eigenvalue weighted by atomic mass is 32.1. The molecule has 0 amide bonds. The van der Waals surface area contributed by atoms with Crippen molar-refractivity contribution in [3.63, 3.8) is 0 Å². The van der Waals surface area contributed by atoms with Crippen molar-refractivity contribution in [1.82, 2.24) is 0 Å². The molecule has 1 fully saturated rings. The van der Waals surface area contributed by atoms with Gasteiger partial charge in [-0.15, -0.1) is 22.7 Å². The number of hydrogen-bond donors (Lipinski definition) is 1. The highest BCUT2D eigenvalue weighted by molar-refractivity contribution is 7.26. The fourth-order valence-corrected chi connectivity index (χ4v) is 4.89. The predicted molar refractivity (Wildman–Crippen MR) is 73.2 cm³/mol. The Morgan fingerprint density at radius 2 is 2.00 bits per heavy atom. The monoisotopic (exact) mass is 251 g/mol. The Kier molecular flexibility index (Phi) is 3.01. The molecule has 0 saturated heterocycles. The lowest BCUT2D eigenvalue weighted by atomic mass is 9.84. The van der Waals surface area contributed by atoms with Crippen LogP contribution >= 0.6 is 22.7 Å². The number of rotatable bonds is 2. The summed E-state index contributed by atoms with van der Waals surface area (Å²) in [5.41, 5.74) is 6.41. The first-order valence-electron chi connectivity index (χ1n) is 6.07. The van der Waals surface area contributed by atoms with Crippen molar-refractivity contribution in [2.45, 2.75) is 38.1 Å². The normalized spacial score (nSPS) is 20.3. The van der Waals surface area contributed by atoms with Crippen LogP contribution in [0.15, 0.2) is 17.5 Å². The average molecular weight is 251 g/mol. The molecule has 2 heterocycles. The smallest absolute Gasteiger partial charge is 0.0454 e. The summed E-state index contributed by atoms with van der Waals surface area (Å²) in [6.45, 7) is 0. The third-order valence-corrected chi connectivity index (χ3v) is 5.84. The van der Waals surface area contributed by atoms with E-state index in [1.54, 1.807) is 0 Å². The molecule has 2 aromatic rings. The molecule has 0 aromatic carbocycles. The summed E-state index contributed by atoms with van der Waals surface area (Å²) in [6, 6.07) is 4.80. The van der Waals surface area contributed by atoms with Gasteiger partial charge in [0.15, 0.2) is 0 Å². The summed E-state index contributed by atoms with van der Waals surface area (Å²) in [5.74, 6) is 0.724. The van der Waals surface area contributed by atoms with E-state index in [1.807, 2.05) is 22.7 Å². The lowest BCUT2D eigenvalue weighted by Crippen LogP contribution is -2.22. The van der Waals surface area contributed by atoms with E-state index < -0.39 is 0 Å². The molecular formula is C13H17NS2. The van der Waals surface area contributed by atoms with Gasteiger partial charge in [-0.2, -0.15) is 0 Å². The first-order chi connectivity index (χ1) is 7.84. The van der Waals surface area contributed by atoms with Crippen molar-refractivity contribution < 1.29 is 0 Å². The van der Waals surface area contributed by atoms with Crippen LogP contribution in [0.2, 0.25) is 0 Å². The van der Waals surface area contributed by atoms with Crippen LogP contribution in [0, 0.1) is 5.92 Å². The minimum absolute atomic E-state index is 0.282. The van der Waals surface area contributed by atoms with Crippen LogP contribution in [0.5, 0.6) is 0 Å². The fourth-order valence-electron chi connectivity index (χ4n) is 2.67. The molecule has 1 aliphatic carbocycles. The predicted octanol–water partition coefficient (Wildman–Crippen LogP) is 4.54. The Hall–Kier alpha value is -0.380. The zero-order valence-corrected chi connectivity index (χ0v) is 10.9. The molecule has 1 atom stereocenters. The van der Waals surface area contributed by atoms with Gasteiger partial charge in [-0.25, -0.2) is 0 Å². The fraction of sp³-hybridized carbons (Fsp3) is 0.538. The van der Waals surface area contributed by atoms with Crippen molar-refractivity contribution in [2.24, 2.45) is 11.7 Å². The van der Waals surface area contributed by atoms with E-state index in [-0.39, 0.29) is 6.04 Å². The molecule has 2 aromatic heterocycles. The van der Waals surface area contributed by atoms with Gasteiger partial charge in [0.2, 0.25) is 0 Å². The lowest BCUT2D eigenvalue weighted by molar-refractivity contribution is 0.311. The van der Waals surface area contributed by atoms with Crippen molar-refractivity contribution in [1.29, 1.82) is 0 Å². The molecule has 3 heteroatoms. The van der Waals surface area contributed by atoms with Crippen molar-refractivity contribution in [3.8, 4) is 0 Å². The maximum atomic E-state index is 6.41. The molecule has 1 nitrogen and oxygen atoms in total. The van der Waals surface area contributed by atoms with Gasteiger partial charge in [-0.3, -0.25) is 0 Å². The number of fused-ring (bicyclic) bond motifs is 1. The molecule has 3 rings (SSSR count). The Morgan fingerprint density at radius 1 is 1.19 bits per heavy atom. The Morgan fingerprint density at radius 3 is 2.75 bits per heavy atom. The zero-order valence-electron chi connectivity index (χ0n) is 9.32. The minimum atomic E-state index is 0.282. The topological polar surface area (TPSA) is 26.0 Å². The molecule has 2 N–H and O–H groups in total. The van der Waals surface area contributed by atoms with Gasteiger partial charge in [-0.1, -0.05) is 19.3 Å². The van der Waals surface area contributed by atoms with Crippen LogP contribution < -0.4 is 5.73 Å². The Bertz CT molecular complexity index is 436. The third kappa shape index (κ3) is 1.92. The lowest BCUT2D eigenvalue weighted by Gasteiger charge is -2.26. The maximum Gasteiger partial charge on any atom is 0.0454 e. The first-order valence-corrected chi connectivity index (χ1v) is 7.77. The third-order valence-electron chi connectivity index (χ3n) is 3.64. The summed E-state index contributed by atoms with van der Waals surface area (Å²) in [6.07, 6.45) is 6.80. The van der Waals surface area contributed by atoms with E-state index in [4.69, 9.17) is 5.73 Å². The molecular weight excluding hydrogens is 234 g/mol. The van der Waals surface area contributed by atoms with E-state index in [0.717, 1.165) is 5.92 Å². The average Bonchev–Trinajstić information content (AvgIpc) is 2.89. The summed E-state index contributed by atoms with van der Waals surface area (Å²) >= 11 is 3.72. The molecule has 16 heavy (non-hydrogen) atoms. The first kappa shape index (κ1) is 10.8. The van der Waals surface area contributed by atoms with Gasteiger partial charge in [0.1, 0.15) is 0 Å². The zero-order chi connectivity index (χ0) is 11.0. The second-order valence-corrected chi connectivity index (χ2v) is 6.78. The molecule has 86 valence electrons. The van der Waals surface area contributed by atoms with E-state index >= 15 is 0 Å². The van der Waals surface area contributed by atoms with Gasteiger partial charge >= 0.3 is 0 Å². The highest BCUT2D eigenvalue weighted by Gasteiger charge is 2.23. The molecule has 1 aliphatic rings. The highest BCUT2D eigenvalue weighted by Crippen LogP contribution is 2.39. The van der Waals surface area contributed by atoms with E-state index in [1.165, 1.54) is 46.4 Å². The molecule has 1 unspecified atom stereocenters. The molecule has 0 radical (unpaired) electrons. The van der Waals surface area contributed by atoms with Gasteiger partial charge < -0.3 is 5.73 Å². The minimum Gasteiger partial charge on any atom is -0.323 e. The largest absolute Gasteiger partial charge is 0.323 e. The van der Waals surface area contributed by atoms with Gasteiger partial charge in [0, 0.05) is 20.3 Å². The van der Waals surface area contributed by atoms with Crippen LogP contribution in [0.4, 0.5) is 0 Å². The Balaban J connectivity index is 1.83.